The lowest BCUT2D eigenvalue weighted by Gasteiger charge is -2.28. The summed E-state index contributed by atoms with van der Waals surface area (Å²) >= 11 is 0. The van der Waals surface area contributed by atoms with Crippen molar-refractivity contribution in [3.8, 4) is 0 Å². The van der Waals surface area contributed by atoms with Gasteiger partial charge in [0.25, 0.3) is 6.01 Å². The summed E-state index contributed by atoms with van der Waals surface area (Å²) in [7, 11) is 0. The Bertz CT molecular complexity index is 827. The predicted molar refractivity (Wildman–Crippen MR) is 90.7 cm³/mol. The van der Waals surface area contributed by atoms with E-state index in [-0.39, 0.29) is 5.92 Å². The zero-order valence-electron chi connectivity index (χ0n) is 13.9. The van der Waals surface area contributed by atoms with Gasteiger partial charge >= 0.3 is 0 Å². The lowest BCUT2D eigenvalue weighted by molar-refractivity contribution is 0.192. The molecule has 0 radical (unpaired) electrons. The molecule has 2 aromatic heterocycles. The monoisotopic (exact) mass is 340 g/mol. The van der Waals surface area contributed by atoms with Crippen LogP contribution in [0.5, 0.6) is 0 Å². The van der Waals surface area contributed by atoms with Gasteiger partial charge in [0.15, 0.2) is 11.4 Å². The Kier molecular flexibility index (Phi) is 3.66. The van der Waals surface area contributed by atoms with Gasteiger partial charge in [0.2, 0.25) is 5.89 Å². The number of hydrogen-bond acceptors (Lipinski definition) is 7. The molecule has 7 nitrogen and oxygen atoms in total. The second-order valence-corrected chi connectivity index (χ2v) is 6.78. The van der Waals surface area contributed by atoms with Crippen LogP contribution in [0.4, 0.5) is 6.01 Å². The van der Waals surface area contributed by atoms with Gasteiger partial charge in [-0.05, 0) is 31.4 Å². The fourth-order valence-corrected chi connectivity index (χ4v) is 3.63. The zero-order valence-corrected chi connectivity index (χ0v) is 13.9. The van der Waals surface area contributed by atoms with Crippen molar-refractivity contribution in [1.29, 1.82) is 0 Å². The van der Waals surface area contributed by atoms with Crippen molar-refractivity contribution in [2.75, 3.05) is 31.2 Å². The van der Waals surface area contributed by atoms with Crippen molar-refractivity contribution in [3.63, 3.8) is 0 Å². The summed E-state index contributed by atoms with van der Waals surface area (Å²) in [5, 5.41) is 4.17. The van der Waals surface area contributed by atoms with Gasteiger partial charge in [-0.25, -0.2) is 0 Å². The number of para-hydroxylation sites is 2. The van der Waals surface area contributed by atoms with E-state index in [1.165, 1.54) is 0 Å². The highest BCUT2D eigenvalue weighted by atomic mass is 16.5. The van der Waals surface area contributed by atoms with Gasteiger partial charge in [0.05, 0.1) is 6.61 Å². The molecule has 25 heavy (non-hydrogen) atoms. The molecular formula is C18H20N4O3. The van der Waals surface area contributed by atoms with Crippen LogP contribution >= 0.6 is 0 Å². The molecule has 0 bridgehead atoms. The van der Waals surface area contributed by atoms with Crippen LogP contribution in [0.1, 0.15) is 42.8 Å². The molecule has 130 valence electrons. The van der Waals surface area contributed by atoms with E-state index in [1.807, 2.05) is 24.3 Å². The number of ether oxygens (including phenoxy) is 1. The number of benzene rings is 1. The van der Waals surface area contributed by atoms with E-state index in [9.17, 15) is 0 Å². The molecule has 1 unspecified atom stereocenters. The van der Waals surface area contributed by atoms with Crippen LogP contribution in [0.3, 0.4) is 0 Å². The first-order valence-electron chi connectivity index (χ1n) is 8.88. The third-order valence-corrected chi connectivity index (χ3v) is 5.15. The van der Waals surface area contributed by atoms with Gasteiger partial charge in [-0.1, -0.05) is 17.3 Å². The molecule has 5 rings (SSSR count). The highest BCUT2D eigenvalue weighted by molar-refractivity contribution is 5.74. The molecule has 2 aliphatic heterocycles. The maximum atomic E-state index is 5.87. The maximum absolute atomic E-state index is 5.87. The molecule has 3 aromatic rings. The normalized spacial score (nSPS) is 22.1. The average molecular weight is 340 g/mol. The number of aromatic nitrogens is 3. The molecule has 4 heterocycles. The summed E-state index contributed by atoms with van der Waals surface area (Å²) < 4.78 is 16.8. The molecular weight excluding hydrogens is 320 g/mol. The largest absolute Gasteiger partial charge is 0.423 e. The number of anilines is 1. The predicted octanol–water partition coefficient (Wildman–Crippen LogP) is 3.10. The van der Waals surface area contributed by atoms with Crippen LogP contribution in [0.2, 0.25) is 0 Å². The maximum Gasteiger partial charge on any atom is 0.298 e. The van der Waals surface area contributed by atoms with E-state index in [0.717, 1.165) is 61.8 Å². The Balaban J connectivity index is 1.26. The van der Waals surface area contributed by atoms with E-state index < -0.39 is 0 Å². The highest BCUT2D eigenvalue weighted by Gasteiger charge is 2.29. The first-order chi connectivity index (χ1) is 12.4. The average Bonchev–Trinajstić information content (AvgIpc) is 3.40. The van der Waals surface area contributed by atoms with E-state index in [4.69, 9.17) is 13.7 Å². The molecule has 2 saturated heterocycles. The zero-order chi connectivity index (χ0) is 16.6. The molecule has 1 aromatic carbocycles. The van der Waals surface area contributed by atoms with E-state index >= 15 is 0 Å². The van der Waals surface area contributed by atoms with Crippen molar-refractivity contribution in [2.24, 2.45) is 0 Å². The minimum absolute atomic E-state index is 0.289. The third-order valence-electron chi connectivity index (χ3n) is 5.15. The number of rotatable bonds is 3. The van der Waals surface area contributed by atoms with Gasteiger partial charge in [0.1, 0.15) is 5.52 Å². The van der Waals surface area contributed by atoms with E-state index in [2.05, 4.69) is 20.0 Å². The minimum atomic E-state index is 0.289. The highest BCUT2D eigenvalue weighted by Crippen LogP contribution is 2.32. The number of oxazole rings is 1. The Morgan fingerprint density at radius 1 is 1.00 bits per heavy atom. The summed E-state index contributed by atoms with van der Waals surface area (Å²) in [5.74, 6) is 2.16. The van der Waals surface area contributed by atoms with E-state index in [0.29, 0.717) is 18.5 Å². The molecule has 2 fully saturated rings. The fraction of sp³-hybridized carbons (Fsp3) is 0.500. The van der Waals surface area contributed by atoms with Crippen molar-refractivity contribution in [1.82, 2.24) is 15.1 Å². The molecule has 2 aliphatic rings. The van der Waals surface area contributed by atoms with Crippen molar-refractivity contribution >= 4 is 17.1 Å². The van der Waals surface area contributed by atoms with Gasteiger partial charge in [-0.3, -0.25) is 0 Å². The van der Waals surface area contributed by atoms with E-state index in [1.54, 1.807) is 0 Å². The van der Waals surface area contributed by atoms with Crippen molar-refractivity contribution in [2.45, 2.75) is 31.1 Å². The molecule has 7 heteroatoms. The molecule has 0 saturated carbocycles. The summed E-state index contributed by atoms with van der Waals surface area (Å²) in [5.41, 5.74) is 1.74. The number of piperidine rings is 1. The van der Waals surface area contributed by atoms with Crippen LogP contribution in [0.25, 0.3) is 11.1 Å². The van der Waals surface area contributed by atoms with Crippen LogP contribution in [-0.4, -0.2) is 41.4 Å². The lowest BCUT2D eigenvalue weighted by Crippen LogP contribution is -2.33. The Labute approximate surface area is 145 Å². The summed E-state index contributed by atoms with van der Waals surface area (Å²) in [6, 6.07) is 8.57. The van der Waals surface area contributed by atoms with Crippen LogP contribution in [0, 0.1) is 0 Å². The molecule has 0 spiro atoms. The molecule has 1 atom stereocenters. The molecule has 0 aliphatic carbocycles. The van der Waals surface area contributed by atoms with Gasteiger partial charge < -0.3 is 18.6 Å². The van der Waals surface area contributed by atoms with Crippen LogP contribution < -0.4 is 4.90 Å². The van der Waals surface area contributed by atoms with Gasteiger partial charge in [-0.15, -0.1) is 0 Å². The smallest absolute Gasteiger partial charge is 0.298 e. The number of nitrogens with zero attached hydrogens (tertiary/aromatic N) is 4. The Morgan fingerprint density at radius 3 is 2.68 bits per heavy atom. The topological polar surface area (TPSA) is 77.4 Å². The van der Waals surface area contributed by atoms with Crippen molar-refractivity contribution < 1.29 is 13.7 Å². The Hall–Kier alpha value is -2.41. The van der Waals surface area contributed by atoms with Gasteiger partial charge in [0, 0.05) is 31.5 Å². The number of hydrogen-bond donors (Lipinski definition) is 0. The molecule has 0 amide bonds. The second kappa shape index (κ2) is 6.15. The minimum Gasteiger partial charge on any atom is -0.423 e. The Morgan fingerprint density at radius 2 is 1.88 bits per heavy atom. The van der Waals surface area contributed by atoms with Crippen LogP contribution in [-0.2, 0) is 4.74 Å². The van der Waals surface area contributed by atoms with Crippen molar-refractivity contribution in [3.05, 3.63) is 36.0 Å². The fourth-order valence-electron chi connectivity index (χ4n) is 3.63. The lowest BCUT2D eigenvalue weighted by atomic mass is 9.97. The first-order valence-corrected chi connectivity index (χ1v) is 8.88. The third kappa shape index (κ3) is 2.78. The SMILES string of the molecule is c1ccc2oc(N3CCC(c4nc(C5CCOC5)no4)CC3)nc2c1. The quantitative estimate of drug-likeness (QED) is 0.725. The number of fused-ring (bicyclic) bond motifs is 1. The summed E-state index contributed by atoms with van der Waals surface area (Å²) in [6.45, 7) is 3.25. The van der Waals surface area contributed by atoms with Gasteiger partial charge in [-0.2, -0.15) is 9.97 Å². The first kappa shape index (κ1) is 14.9. The summed E-state index contributed by atoms with van der Waals surface area (Å²) in [6.07, 6.45) is 2.90. The standard InChI is InChI=1S/C18H20N4O3/c1-2-4-15-14(3-1)19-18(24-15)22-8-5-12(6-9-22)17-20-16(21-25-17)13-7-10-23-11-13/h1-4,12-13H,5-11H2. The summed E-state index contributed by atoms with van der Waals surface area (Å²) in [4.78, 5) is 11.4. The molecule has 0 N–H and O–H groups in total. The van der Waals surface area contributed by atoms with Crippen LogP contribution in [0.15, 0.2) is 33.2 Å². The second-order valence-electron chi connectivity index (χ2n) is 6.78.